The molecule has 0 N–H and O–H groups in total. The summed E-state index contributed by atoms with van der Waals surface area (Å²) in [5.74, 6) is 0.0273. The summed E-state index contributed by atoms with van der Waals surface area (Å²) < 4.78 is 0. The van der Waals surface area contributed by atoms with Gasteiger partial charge in [-0.05, 0) is 41.7 Å². The first-order valence-electron chi connectivity index (χ1n) is 9.73. The molecule has 2 heteroatoms. The number of ketones is 1. The summed E-state index contributed by atoms with van der Waals surface area (Å²) in [5.41, 5.74) is 3.49. The van der Waals surface area contributed by atoms with Gasteiger partial charge in [0.25, 0.3) is 0 Å². The molecule has 3 aromatic carbocycles. The second-order valence-electron chi connectivity index (χ2n) is 7.40. The maximum Gasteiger partial charge on any atom is 0.185 e. The molecule has 140 valence electrons. The highest BCUT2D eigenvalue weighted by Crippen LogP contribution is 2.43. The molecule has 3 aromatic rings. The molecule has 4 rings (SSSR count). The Morgan fingerprint density at radius 3 is 1.52 bits per heavy atom. The molecule has 0 spiro atoms. The van der Waals surface area contributed by atoms with Crippen LogP contribution in [0.2, 0.25) is 0 Å². The summed E-state index contributed by atoms with van der Waals surface area (Å²) in [7, 11) is 0. The Morgan fingerprint density at radius 2 is 1.10 bits per heavy atom. The van der Waals surface area contributed by atoms with Crippen LogP contribution in [0.25, 0.3) is 12.2 Å². The van der Waals surface area contributed by atoms with Crippen molar-refractivity contribution in [2.24, 2.45) is 0 Å². The lowest BCUT2D eigenvalue weighted by atomic mass is 9.66. The van der Waals surface area contributed by atoms with E-state index in [2.05, 4.69) is 6.07 Å². The normalized spacial score (nSPS) is 21.8. The number of rotatable bonds is 3. The Morgan fingerprint density at radius 1 is 0.690 bits per heavy atom. The van der Waals surface area contributed by atoms with Crippen molar-refractivity contribution in [1.82, 2.24) is 0 Å². The molecule has 0 aliphatic heterocycles. The first-order chi connectivity index (χ1) is 14.2. The number of hydrogen-bond acceptors (Lipinski definition) is 2. The summed E-state index contributed by atoms with van der Waals surface area (Å²) in [5, 5.41) is 10.2. The molecule has 0 atom stereocenters. The maximum atomic E-state index is 13.3. The monoisotopic (exact) mass is 375 g/mol. The SMILES string of the molecule is N#CC1(c2ccccc2)C/C(=C\c2ccccc2)C(=O)/C(=C/c2ccccc2)C1. The quantitative estimate of drug-likeness (QED) is 0.529. The second-order valence-corrected chi connectivity index (χ2v) is 7.40. The molecular formula is C27H21NO. The molecule has 0 radical (unpaired) electrons. The van der Waals surface area contributed by atoms with Gasteiger partial charge in [0.1, 0.15) is 0 Å². The van der Waals surface area contributed by atoms with Gasteiger partial charge in [-0.15, -0.1) is 0 Å². The molecule has 1 fully saturated rings. The summed E-state index contributed by atoms with van der Waals surface area (Å²) in [4.78, 5) is 13.3. The third-order valence-electron chi connectivity index (χ3n) is 5.39. The van der Waals surface area contributed by atoms with Crippen LogP contribution >= 0.6 is 0 Å². The van der Waals surface area contributed by atoms with Gasteiger partial charge in [0.2, 0.25) is 0 Å². The van der Waals surface area contributed by atoms with E-state index in [9.17, 15) is 10.1 Å². The van der Waals surface area contributed by atoms with Crippen molar-refractivity contribution in [2.45, 2.75) is 18.3 Å². The van der Waals surface area contributed by atoms with Crippen LogP contribution in [-0.4, -0.2) is 5.78 Å². The van der Waals surface area contributed by atoms with E-state index in [4.69, 9.17) is 0 Å². The van der Waals surface area contributed by atoms with E-state index in [1.54, 1.807) is 0 Å². The fourth-order valence-electron chi connectivity index (χ4n) is 3.92. The van der Waals surface area contributed by atoms with E-state index in [1.165, 1.54) is 0 Å². The zero-order chi connectivity index (χ0) is 20.1. The van der Waals surface area contributed by atoms with Gasteiger partial charge in [0.05, 0.1) is 11.5 Å². The van der Waals surface area contributed by atoms with Crippen molar-refractivity contribution in [3.05, 3.63) is 119 Å². The molecular weight excluding hydrogens is 354 g/mol. The lowest BCUT2D eigenvalue weighted by molar-refractivity contribution is -0.113. The van der Waals surface area contributed by atoms with E-state index in [1.807, 2.05) is 103 Å². The standard InChI is InChI=1S/C27H21NO/c28-20-27(25-14-8-3-9-15-25)18-23(16-21-10-4-1-5-11-21)26(29)24(19-27)17-22-12-6-2-7-13-22/h1-17H,18-19H2/b23-16+,24-17+. The Hall–Kier alpha value is -3.70. The van der Waals surface area contributed by atoms with Crippen LogP contribution in [0, 0.1) is 11.3 Å². The topological polar surface area (TPSA) is 40.9 Å². The van der Waals surface area contributed by atoms with E-state index in [-0.39, 0.29) is 5.78 Å². The average Bonchev–Trinajstić information content (AvgIpc) is 2.78. The molecule has 1 aliphatic carbocycles. The number of nitriles is 1. The molecule has 1 aliphatic rings. The van der Waals surface area contributed by atoms with Crippen LogP contribution in [0.5, 0.6) is 0 Å². The van der Waals surface area contributed by atoms with E-state index >= 15 is 0 Å². The van der Waals surface area contributed by atoms with E-state index in [0.717, 1.165) is 16.7 Å². The van der Waals surface area contributed by atoms with Gasteiger partial charge in [-0.3, -0.25) is 4.79 Å². The number of carbonyl (C=O) groups is 1. The van der Waals surface area contributed by atoms with Crippen molar-refractivity contribution >= 4 is 17.9 Å². The first kappa shape index (κ1) is 18.7. The van der Waals surface area contributed by atoms with Crippen LogP contribution in [0.3, 0.4) is 0 Å². The lowest BCUT2D eigenvalue weighted by Gasteiger charge is -2.33. The van der Waals surface area contributed by atoms with Gasteiger partial charge in [-0.25, -0.2) is 0 Å². The number of Topliss-reactive ketones (excluding diaryl/α,β-unsaturated/α-hetero) is 1. The van der Waals surface area contributed by atoms with Crippen LogP contribution in [0.15, 0.2) is 102 Å². The fraction of sp³-hybridized carbons (Fsp3) is 0.111. The van der Waals surface area contributed by atoms with Gasteiger partial charge < -0.3 is 0 Å². The molecule has 0 saturated heterocycles. The zero-order valence-electron chi connectivity index (χ0n) is 16.1. The van der Waals surface area contributed by atoms with Gasteiger partial charge in [0, 0.05) is 11.1 Å². The number of hydrogen-bond donors (Lipinski definition) is 0. The smallest absolute Gasteiger partial charge is 0.185 e. The Balaban J connectivity index is 1.84. The number of allylic oxidation sites excluding steroid dienone is 2. The third kappa shape index (κ3) is 3.95. The molecule has 0 amide bonds. The largest absolute Gasteiger partial charge is 0.289 e. The zero-order valence-corrected chi connectivity index (χ0v) is 16.1. The molecule has 0 bridgehead atoms. The minimum atomic E-state index is -0.754. The minimum Gasteiger partial charge on any atom is -0.289 e. The predicted molar refractivity (Wildman–Crippen MR) is 117 cm³/mol. The number of nitrogens with zero attached hydrogens (tertiary/aromatic N) is 1. The minimum absolute atomic E-state index is 0.0273. The molecule has 0 heterocycles. The highest BCUT2D eigenvalue weighted by atomic mass is 16.1. The van der Waals surface area contributed by atoms with E-state index < -0.39 is 5.41 Å². The predicted octanol–water partition coefficient (Wildman–Crippen LogP) is 5.98. The highest BCUT2D eigenvalue weighted by molar-refractivity contribution is 6.14. The van der Waals surface area contributed by atoms with Crippen LogP contribution in [0.4, 0.5) is 0 Å². The van der Waals surface area contributed by atoms with E-state index in [0.29, 0.717) is 24.0 Å². The van der Waals surface area contributed by atoms with Crippen molar-refractivity contribution in [1.29, 1.82) is 5.26 Å². The summed E-state index contributed by atoms with van der Waals surface area (Å²) >= 11 is 0. The first-order valence-corrected chi connectivity index (χ1v) is 9.73. The summed E-state index contributed by atoms with van der Waals surface area (Å²) in [6.45, 7) is 0. The van der Waals surface area contributed by atoms with Crippen LogP contribution in [-0.2, 0) is 10.2 Å². The number of benzene rings is 3. The molecule has 0 unspecified atom stereocenters. The molecule has 2 nitrogen and oxygen atoms in total. The summed E-state index contributed by atoms with van der Waals surface area (Å²) in [6, 6.07) is 32.0. The third-order valence-corrected chi connectivity index (χ3v) is 5.39. The Labute approximate surface area is 171 Å². The second kappa shape index (κ2) is 8.12. The Bertz CT molecular complexity index is 1040. The fourth-order valence-corrected chi connectivity index (χ4v) is 3.92. The van der Waals surface area contributed by atoms with Gasteiger partial charge in [-0.1, -0.05) is 91.0 Å². The van der Waals surface area contributed by atoms with Gasteiger partial charge in [-0.2, -0.15) is 5.26 Å². The highest BCUT2D eigenvalue weighted by Gasteiger charge is 2.41. The molecule has 29 heavy (non-hydrogen) atoms. The lowest BCUT2D eigenvalue weighted by Crippen LogP contribution is -2.33. The maximum absolute atomic E-state index is 13.3. The summed E-state index contributed by atoms with van der Waals surface area (Å²) in [6.07, 6.45) is 4.67. The van der Waals surface area contributed by atoms with Crippen molar-refractivity contribution in [3.8, 4) is 6.07 Å². The van der Waals surface area contributed by atoms with Crippen LogP contribution < -0.4 is 0 Å². The van der Waals surface area contributed by atoms with Crippen molar-refractivity contribution in [2.75, 3.05) is 0 Å². The molecule has 0 aromatic heterocycles. The van der Waals surface area contributed by atoms with Crippen LogP contribution in [0.1, 0.15) is 29.5 Å². The van der Waals surface area contributed by atoms with Crippen molar-refractivity contribution < 1.29 is 4.79 Å². The molecule has 1 saturated carbocycles. The Kier molecular flexibility index (Phi) is 5.22. The average molecular weight is 375 g/mol. The van der Waals surface area contributed by atoms with Crippen molar-refractivity contribution in [3.63, 3.8) is 0 Å². The van der Waals surface area contributed by atoms with Gasteiger partial charge in [0.15, 0.2) is 5.78 Å². The number of carbonyl (C=O) groups excluding carboxylic acids is 1. The van der Waals surface area contributed by atoms with Gasteiger partial charge >= 0.3 is 0 Å².